The van der Waals surface area contributed by atoms with Crippen molar-refractivity contribution >= 4 is 15.9 Å². The molecule has 0 atom stereocenters. The summed E-state index contributed by atoms with van der Waals surface area (Å²) < 4.78 is 1.20. The first-order valence-corrected chi connectivity index (χ1v) is 9.34. The Hall–Kier alpha value is -0.300. The molecule has 1 aliphatic carbocycles. The van der Waals surface area contributed by atoms with Crippen LogP contribution in [0.4, 0.5) is 0 Å². The Labute approximate surface area is 133 Å². The lowest BCUT2D eigenvalue weighted by atomic mass is 9.77. The molecule has 1 aromatic rings. The lowest BCUT2D eigenvalue weighted by molar-refractivity contribution is 0.302. The summed E-state index contributed by atoms with van der Waals surface area (Å²) >= 11 is 3.53. The molecule has 0 heterocycles. The Morgan fingerprint density at radius 2 is 1.55 bits per heavy atom. The first-order valence-electron chi connectivity index (χ1n) is 8.55. The summed E-state index contributed by atoms with van der Waals surface area (Å²) in [5.74, 6) is 1.84. The van der Waals surface area contributed by atoms with Crippen LogP contribution in [0.2, 0.25) is 0 Å². The molecule has 0 saturated heterocycles. The minimum Gasteiger partial charge on any atom is -0.0654 e. The van der Waals surface area contributed by atoms with E-state index in [-0.39, 0.29) is 0 Å². The highest BCUT2D eigenvalue weighted by atomic mass is 79.9. The van der Waals surface area contributed by atoms with Gasteiger partial charge in [0.15, 0.2) is 0 Å². The Balaban J connectivity index is 1.66. The van der Waals surface area contributed by atoms with Crippen LogP contribution in [0.5, 0.6) is 0 Å². The summed E-state index contributed by atoms with van der Waals surface area (Å²) in [5.41, 5.74) is 1.55. The second-order valence-electron chi connectivity index (χ2n) is 6.47. The Bertz CT molecular complexity index is 360. The number of hydrogen-bond donors (Lipinski definition) is 0. The van der Waals surface area contributed by atoms with E-state index < -0.39 is 0 Å². The fourth-order valence-electron chi connectivity index (χ4n) is 3.56. The zero-order valence-corrected chi connectivity index (χ0v) is 14.5. The average molecular weight is 337 g/mol. The van der Waals surface area contributed by atoms with Gasteiger partial charge in [-0.05, 0) is 55.2 Å². The molecular weight excluding hydrogens is 308 g/mol. The molecule has 0 nitrogen and oxygen atoms in total. The van der Waals surface area contributed by atoms with Gasteiger partial charge in [0.1, 0.15) is 0 Å². The van der Waals surface area contributed by atoms with E-state index in [1.807, 2.05) is 0 Å². The van der Waals surface area contributed by atoms with E-state index in [1.165, 1.54) is 68.7 Å². The van der Waals surface area contributed by atoms with Gasteiger partial charge in [0.25, 0.3) is 0 Å². The van der Waals surface area contributed by atoms with Crippen molar-refractivity contribution in [2.24, 2.45) is 5.92 Å². The molecule has 0 spiro atoms. The van der Waals surface area contributed by atoms with E-state index in [0.29, 0.717) is 0 Å². The van der Waals surface area contributed by atoms with Crippen LogP contribution in [0.15, 0.2) is 28.7 Å². The van der Waals surface area contributed by atoms with E-state index >= 15 is 0 Å². The summed E-state index contributed by atoms with van der Waals surface area (Å²) in [7, 11) is 0. The normalized spacial score (nSPS) is 22.9. The average Bonchev–Trinajstić information content (AvgIpc) is 2.49. The molecule has 1 aromatic carbocycles. The number of rotatable bonds is 7. The molecule has 2 rings (SSSR count). The zero-order valence-electron chi connectivity index (χ0n) is 12.9. The van der Waals surface area contributed by atoms with Crippen LogP contribution in [0.1, 0.15) is 82.6 Å². The number of unbranched alkanes of at least 4 members (excludes halogenated alkanes) is 4. The van der Waals surface area contributed by atoms with Gasteiger partial charge in [-0.1, -0.05) is 73.5 Å². The predicted octanol–water partition coefficient (Wildman–Crippen LogP) is 7.08. The molecule has 0 aliphatic heterocycles. The van der Waals surface area contributed by atoms with E-state index in [4.69, 9.17) is 0 Å². The minimum absolute atomic E-state index is 0.819. The topological polar surface area (TPSA) is 0 Å². The van der Waals surface area contributed by atoms with Crippen LogP contribution < -0.4 is 0 Å². The smallest absolute Gasteiger partial charge is 0.0175 e. The molecular formula is C19H29Br. The SMILES string of the molecule is CCCCCCCC1CCC(c2ccc(Br)cc2)CC1. The van der Waals surface area contributed by atoms with Gasteiger partial charge in [-0.3, -0.25) is 0 Å². The molecule has 0 unspecified atom stereocenters. The number of benzene rings is 1. The third-order valence-corrected chi connectivity index (χ3v) is 5.43. The number of halogens is 1. The third kappa shape index (κ3) is 5.24. The van der Waals surface area contributed by atoms with Crippen molar-refractivity contribution in [2.75, 3.05) is 0 Å². The lowest BCUT2D eigenvalue weighted by Gasteiger charge is -2.29. The van der Waals surface area contributed by atoms with E-state index in [9.17, 15) is 0 Å². The van der Waals surface area contributed by atoms with Gasteiger partial charge in [0, 0.05) is 4.47 Å². The number of hydrogen-bond acceptors (Lipinski definition) is 0. The standard InChI is InChI=1S/C19H29Br/c1-2-3-4-5-6-7-16-8-10-17(11-9-16)18-12-14-19(20)15-13-18/h12-17H,2-11H2,1H3. The summed E-state index contributed by atoms with van der Waals surface area (Å²) in [5, 5.41) is 0. The largest absolute Gasteiger partial charge is 0.0654 e. The molecule has 0 amide bonds. The van der Waals surface area contributed by atoms with Crippen molar-refractivity contribution in [2.45, 2.75) is 77.0 Å². The molecule has 0 bridgehead atoms. The molecule has 112 valence electrons. The molecule has 0 radical (unpaired) electrons. The Morgan fingerprint density at radius 3 is 2.20 bits per heavy atom. The van der Waals surface area contributed by atoms with Crippen molar-refractivity contribution < 1.29 is 0 Å². The quantitative estimate of drug-likeness (QED) is 0.466. The molecule has 1 saturated carbocycles. The molecule has 0 N–H and O–H groups in total. The fourth-order valence-corrected chi connectivity index (χ4v) is 3.82. The highest BCUT2D eigenvalue weighted by Gasteiger charge is 2.21. The van der Waals surface area contributed by atoms with Crippen LogP contribution in [-0.2, 0) is 0 Å². The van der Waals surface area contributed by atoms with Crippen LogP contribution in [-0.4, -0.2) is 0 Å². The zero-order chi connectivity index (χ0) is 14.2. The molecule has 20 heavy (non-hydrogen) atoms. The van der Waals surface area contributed by atoms with Crippen molar-refractivity contribution in [3.63, 3.8) is 0 Å². The first kappa shape index (κ1) is 16.1. The summed E-state index contributed by atoms with van der Waals surface area (Å²) in [6, 6.07) is 8.99. The second kappa shape index (κ2) is 8.87. The van der Waals surface area contributed by atoms with Gasteiger partial charge in [-0.15, -0.1) is 0 Å². The van der Waals surface area contributed by atoms with Gasteiger partial charge in [-0.2, -0.15) is 0 Å². The molecule has 1 heteroatoms. The van der Waals surface area contributed by atoms with Crippen LogP contribution in [0.3, 0.4) is 0 Å². The minimum atomic E-state index is 0.819. The summed E-state index contributed by atoms with van der Waals surface area (Å²) in [6.45, 7) is 2.30. The maximum atomic E-state index is 3.53. The van der Waals surface area contributed by atoms with Gasteiger partial charge >= 0.3 is 0 Å². The second-order valence-corrected chi connectivity index (χ2v) is 7.39. The van der Waals surface area contributed by atoms with Gasteiger partial charge in [-0.25, -0.2) is 0 Å². The lowest BCUT2D eigenvalue weighted by Crippen LogP contribution is -2.13. The Morgan fingerprint density at radius 1 is 0.900 bits per heavy atom. The van der Waals surface area contributed by atoms with Crippen molar-refractivity contribution in [1.29, 1.82) is 0 Å². The molecule has 1 aliphatic rings. The highest BCUT2D eigenvalue weighted by Crippen LogP contribution is 2.38. The van der Waals surface area contributed by atoms with Gasteiger partial charge in [0.05, 0.1) is 0 Å². The van der Waals surface area contributed by atoms with Crippen molar-refractivity contribution in [3.8, 4) is 0 Å². The van der Waals surface area contributed by atoms with Crippen LogP contribution in [0.25, 0.3) is 0 Å². The van der Waals surface area contributed by atoms with E-state index in [2.05, 4.69) is 47.1 Å². The third-order valence-electron chi connectivity index (χ3n) is 4.90. The van der Waals surface area contributed by atoms with E-state index in [0.717, 1.165) is 11.8 Å². The monoisotopic (exact) mass is 336 g/mol. The first-order chi connectivity index (χ1) is 9.79. The van der Waals surface area contributed by atoms with Crippen LogP contribution in [0, 0.1) is 5.92 Å². The van der Waals surface area contributed by atoms with E-state index in [1.54, 1.807) is 5.56 Å². The van der Waals surface area contributed by atoms with Gasteiger partial charge < -0.3 is 0 Å². The molecule has 1 fully saturated rings. The van der Waals surface area contributed by atoms with Crippen molar-refractivity contribution in [3.05, 3.63) is 34.3 Å². The maximum absolute atomic E-state index is 3.53. The van der Waals surface area contributed by atoms with Crippen LogP contribution >= 0.6 is 15.9 Å². The summed E-state index contributed by atoms with van der Waals surface area (Å²) in [6.07, 6.45) is 14.4. The predicted molar refractivity (Wildman–Crippen MR) is 92.2 cm³/mol. The fraction of sp³-hybridized carbons (Fsp3) is 0.684. The van der Waals surface area contributed by atoms with Crippen molar-refractivity contribution in [1.82, 2.24) is 0 Å². The Kier molecular flexibility index (Phi) is 7.13. The summed E-state index contributed by atoms with van der Waals surface area (Å²) in [4.78, 5) is 0. The highest BCUT2D eigenvalue weighted by molar-refractivity contribution is 9.10. The van der Waals surface area contributed by atoms with Gasteiger partial charge in [0.2, 0.25) is 0 Å². The molecule has 0 aromatic heterocycles. The maximum Gasteiger partial charge on any atom is 0.0175 e.